The van der Waals surface area contributed by atoms with E-state index in [1.165, 1.54) is 5.56 Å². The van der Waals surface area contributed by atoms with Gasteiger partial charge in [0.25, 0.3) is 5.69 Å². The minimum Gasteiger partial charge on any atom is -0.258 e. The summed E-state index contributed by atoms with van der Waals surface area (Å²) in [6.07, 6.45) is 3.25. The molecule has 1 aliphatic carbocycles. The number of fused-ring (bicyclic) bond motifs is 1. The summed E-state index contributed by atoms with van der Waals surface area (Å²) >= 11 is 3.55. The summed E-state index contributed by atoms with van der Waals surface area (Å²) in [5.74, 6) is 0. The van der Waals surface area contributed by atoms with Crippen LogP contribution in [-0.4, -0.2) is 4.92 Å². The fourth-order valence-electron chi connectivity index (χ4n) is 1.84. The summed E-state index contributed by atoms with van der Waals surface area (Å²) in [6.45, 7) is 0. The molecule has 0 heterocycles. The molecule has 0 fully saturated rings. The fraction of sp³-hybridized carbons (Fsp3) is 0.400. The predicted octanol–water partition coefficient (Wildman–Crippen LogP) is 3.37. The molecule has 4 heteroatoms. The first kappa shape index (κ1) is 9.65. The summed E-state index contributed by atoms with van der Waals surface area (Å²) in [6, 6.07) is 5.15. The second kappa shape index (κ2) is 3.69. The largest absolute Gasteiger partial charge is 0.269 e. The Morgan fingerprint density at radius 1 is 1.50 bits per heavy atom. The maximum Gasteiger partial charge on any atom is 0.269 e. The van der Waals surface area contributed by atoms with Crippen molar-refractivity contribution < 1.29 is 4.92 Å². The molecule has 2 rings (SSSR count). The molecule has 0 aromatic heterocycles. The normalized spacial score (nSPS) is 20.2. The van der Waals surface area contributed by atoms with Crippen LogP contribution in [0.1, 0.15) is 28.8 Å². The number of nitrogens with zero attached hydrogens (tertiary/aromatic N) is 1. The molecule has 1 unspecified atom stereocenters. The van der Waals surface area contributed by atoms with Gasteiger partial charge in [0.1, 0.15) is 0 Å². The van der Waals surface area contributed by atoms with Crippen LogP contribution in [-0.2, 0) is 6.42 Å². The highest BCUT2D eigenvalue weighted by molar-refractivity contribution is 9.09. The molecule has 14 heavy (non-hydrogen) atoms. The van der Waals surface area contributed by atoms with Crippen molar-refractivity contribution in [2.45, 2.75) is 24.1 Å². The van der Waals surface area contributed by atoms with Gasteiger partial charge < -0.3 is 0 Å². The first-order valence-corrected chi connectivity index (χ1v) is 5.51. The van der Waals surface area contributed by atoms with Gasteiger partial charge in [0.2, 0.25) is 0 Å². The first-order valence-electron chi connectivity index (χ1n) is 4.60. The molecule has 0 radical (unpaired) electrons. The van der Waals surface area contributed by atoms with Gasteiger partial charge >= 0.3 is 0 Å². The maximum atomic E-state index is 10.6. The molecule has 0 bridgehead atoms. The molecule has 0 spiro atoms. The van der Waals surface area contributed by atoms with Crippen molar-refractivity contribution in [3.05, 3.63) is 39.4 Å². The lowest BCUT2D eigenvalue weighted by Crippen LogP contribution is -2.05. The summed E-state index contributed by atoms with van der Waals surface area (Å²) in [5.41, 5.74) is 2.52. The van der Waals surface area contributed by atoms with E-state index in [0.717, 1.165) is 24.8 Å². The second-order valence-corrected chi connectivity index (χ2v) is 4.61. The third-order valence-electron chi connectivity index (χ3n) is 2.58. The average molecular weight is 256 g/mol. The molecule has 1 atom stereocenters. The van der Waals surface area contributed by atoms with Crippen molar-refractivity contribution in [1.82, 2.24) is 0 Å². The Labute approximate surface area is 90.4 Å². The fourth-order valence-corrected chi connectivity index (χ4v) is 2.59. The van der Waals surface area contributed by atoms with Gasteiger partial charge in [-0.2, -0.15) is 0 Å². The second-order valence-electron chi connectivity index (χ2n) is 3.50. The monoisotopic (exact) mass is 255 g/mol. The number of non-ortho nitro benzene ring substituents is 1. The van der Waals surface area contributed by atoms with Crippen molar-refractivity contribution in [3.8, 4) is 0 Å². The zero-order valence-corrected chi connectivity index (χ0v) is 9.16. The van der Waals surface area contributed by atoms with Crippen LogP contribution in [0.25, 0.3) is 0 Å². The predicted molar refractivity (Wildman–Crippen MR) is 57.7 cm³/mol. The van der Waals surface area contributed by atoms with Crippen LogP contribution in [0, 0.1) is 10.1 Å². The van der Waals surface area contributed by atoms with E-state index in [9.17, 15) is 10.1 Å². The Balaban J connectivity index is 2.45. The molecule has 0 saturated carbocycles. The molecule has 1 aromatic rings. The van der Waals surface area contributed by atoms with Crippen LogP contribution in [0.2, 0.25) is 0 Å². The third kappa shape index (κ3) is 1.66. The molecular weight excluding hydrogens is 246 g/mol. The Morgan fingerprint density at radius 3 is 3.00 bits per heavy atom. The zero-order chi connectivity index (χ0) is 10.1. The van der Waals surface area contributed by atoms with Gasteiger partial charge in [0.05, 0.1) is 4.92 Å². The number of benzene rings is 1. The number of nitro groups is 1. The van der Waals surface area contributed by atoms with Crippen LogP contribution in [0.5, 0.6) is 0 Å². The van der Waals surface area contributed by atoms with Crippen LogP contribution in [0.3, 0.4) is 0 Å². The lowest BCUT2D eigenvalue weighted by atomic mass is 9.91. The lowest BCUT2D eigenvalue weighted by molar-refractivity contribution is -0.384. The van der Waals surface area contributed by atoms with Gasteiger partial charge in [0, 0.05) is 17.0 Å². The van der Waals surface area contributed by atoms with Gasteiger partial charge in [0.15, 0.2) is 0 Å². The topological polar surface area (TPSA) is 43.1 Å². The van der Waals surface area contributed by atoms with Crippen molar-refractivity contribution in [2.24, 2.45) is 0 Å². The van der Waals surface area contributed by atoms with Crippen molar-refractivity contribution in [3.63, 3.8) is 0 Å². The number of hydrogen-bond donors (Lipinski definition) is 0. The number of aryl methyl sites for hydroxylation is 1. The smallest absolute Gasteiger partial charge is 0.258 e. The van der Waals surface area contributed by atoms with Gasteiger partial charge in [-0.15, -0.1) is 0 Å². The number of nitro benzene ring substituents is 1. The Kier molecular flexibility index (Phi) is 2.54. The molecule has 0 amide bonds. The van der Waals surface area contributed by atoms with E-state index in [1.807, 2.05) is 6.07 Å². The number of hydrogen-bond acceptors (Lipinski definition) is 2. The van der Waals surface area contributed by atoms with E-state index in [4.69, 9.17) is 0 Å². The van der Waals surface area contributed by atoms with Crippen molar-refractivity contribution >= 4 is 21.6 Å². The highest BCUT2D eigenvalue weighted by Gasteiger charge is 2.20. The highest BCUT2D eigenvalue weighted by Crippen LogP contribution is 2.37. The summed E-state index contributed by atoms with van der Waals surface area (Å²) in [7, 11) is 0. The van der Waals surface area contributed by atoms with E-state index in [2.05, 4.69) is 15.9 Å². The summed E-state index contributed by atoms with van der Waals surface area (Å²) < 4.78 is 0. The molecule has 3 nitrogen and oxygen atoms in total. The van der Waals surface area contributed by atoms with E-state index < -0.39 is 0 Å². The van der Waals surface area contributed by atoms with Crippen molar-refractivity contribution in [2.75, 3.05) is 0 Å². The Hall–Kier alpha value is -0.900. The van der Waals surface area contributed by atoms with Crippen LogP contribution in [0.15, 0.2) is 18.2 Å². The summed E-state index contributed by atoms with van der Waals surface area (Å²) in [4.78, 5) is 10.5. The van der Waals surface area contributed by atoms with E-state index in [-0.39, 0.29) is 15.4 Å². The quantitative estimate of drug-likeness (QED) is 0.439. The molecule has 0 saturated heterocycles. The third-order valence-corrected chi connectivity index (χ3v) is 3.53. The van der Waals surface area contributed by atoms with E-state index in [1.54, 1.807) is 12.1 Å². The van der Waals surface area contributed by atoms with Crippen LogP contribution < -0.4 is 0 Å². The minimum absolute atomic E-state index is 0.190. The average Bonchev–Trinajstić information content (AvgIpc) is 2.18. The zero-order valence-electron chi connectivity index (χ0n) is 7.57. The molecular formula is C10H10BrNO2. The van der Waals surface area contributed by atoms with Crippen molar-refractivity contribution in [1.29, 1.82) is 0 Å². The number of halogens is 1. The highest BCUT2D eigenvalue weighted by atomic mass is 79.9. The van der Waals surface area contributed by atoms with Crippen LogP contribution in [0.4, 0.5) is 5.69 Å². The molecule has 1 aromatic carbocycles. The molecule has 1 aliphatic rings. The first-order chi connectivity index (χ1) is 6.68. The van der Waals surface area contributed by atoms with Gasteiger partial charge in [-0.05, 0) is 30.4 Å². The SMILES string of the molecule is O=[N+]([O-])c1ccc2c(c1)C(Br)CCC2. The van der Waals surface area contributed by atoms with Gasteiger partial charge in [-0.1, -0.05) is 22.0 Å². The Bertz CT molecular complexity index is 378. The maximum absolute atomic E-state index is 10.6. The summed E-state index contributed by atoms with van der Waals surface area (Å²) in [5, 5.41) is 10.6. The Morgan fingerprint density at radius 2 is 2.29 bits per heavy atom. The number of rotatable bonds is 1. The number of alkyl halides is 1. The molecule has 74 valence electrons. The van der Waals surface area contributed by atoms with Crippen LogP contribution >= 0.6 is 15.9 Å². The van der Waals surface area contributed by atoms with Gasteiger partial charge in [-0.25, -0.2) is 0 Å². The van der Waals surface area contributed by atoms with E-state index >= 15 is 0 Å². The lowest BCUT2D eigenvalue weighted by Gasteiger charge is -2.20. The molecule has 0 aliphatic heterocycles. The molecule has 0 N–H and O–H groups in total. The van der Waals surface area contributed by atoms with E-state index in [0.29, 0.717) is 0 Å². The van der Waals surface area contributed by atoms with Gasteiger partial charge in [-0.3, -0.25) is 10.1 Å². The standard InChI is InChI=1S/C10H10BrNO2/c11-10-3-1-2-7-4-5-8(12(13)14)6-9(7)10/h4-6,10H,1-3H2. The minimum atomic E-state index is -0.339.